The van der Waals surface area contributed by atoms with Crippen LogP contribution in [-0.2, 0) is 0 Å². The van der Waals surface area contributed by atoms with Crippen molar-refractivity contribution in [2.45, 2.75) is 13.0 Å². The molecule has 0 aliphatic carbocycles. The first-order valence-corrected chi connectivity index (χ1v) is 6.56. The number of aliphatic hydroxyl groups excluding tert-OH is 1. The van der Waals surface area contributed by atoms with Gasteiger partial charge in [0.1, 0.15) is 0 Å². The van der Waals surface area contributed by atoms with Gasteiger partial charge in [-0.05, 0) is 36.2 Å². The molecule has 0 bridgehead atoms. The van der Waals surface area contributed by atoms with Crippen LogP contribution in [-0.4, -0.2) is 18.7 Å². The highest BCUT2D eigenvalue weighted by Gasteiger charge is 2.12. The van der Waals surface area contributed by atoms with Crippen LogP contribution in [0.25, 0.3) is 0 Å². The summed E-state index contributed by atoms with van der Waals surface area (Å²) in [6.45, 7) is 2.57. The Kier molecular flexibility index (Phi) is 4.39. The molecule has 0 amide bonds. The molecule has 0 saturated heterocycles. The SMILES string of the molecule is Cc1ccccc1N(C)CC(O)c1ccc(C#N)cc1. The van der Waals surface area contributed by atoms with E-state index in [-0.39, 0.29) is 0 Å². The summed E-state index contributed by atoms with van der Waals surface area (Å²) in [5.41, 5.74) is 3.72. The Balaban J connectivity index is 2.09. The lowest BCUT2D eigenvalue weighted by atomic mass is 10.1. The minimum absolute atomic E-state index is 0.511. The zero-order valence-corrected chi connectivity index (χ0v) is 11.7. The van der Waals surface area contributed by atoms with Crippen LogP contribution < -0.4 is 4.90 Å². The maximum absolute atomic E-state index is 10.3. The summed E-state index contributed by atoms with van der Waals surface area (Å²) in [6, 6.07) is 17.2. The van der Waals surface area contributed by atoms with Crippen molar-refractivity contribution in [2.24, 2.45) is 0 Å². The minimum atomic E-state index is -0.577. The van der Waals surface area contributed by atoms with E-state index < -0.39 is 6.10 Å². The number of nitriles is 1. The lowest BCUT2D eigenvalue weighted by Crippen LogP contribution is -2.24. The molecule has 2 aromatic carbocycles. The summed E-state index contributed by atoms with van der Waals surface area (Å²) in [5, 5.41) is 19.1. The van der Waals surface area contributed by atoms with E-state index in [1.54, 1.807) is 24.3 Å². The molecular weight excluding hydrogens is 248 g/mol. The maximum Gasteiger partial charge on any atom is 0.0991 e. The second-order valence-electron chi connectivity index (χ2n) is 4.92. The molecule has 0 heterocycles. The van der Waals surface area contributed by atoms with E-state index >= 15 is 0 Å². The van der Waals surface area contributed by atoms with Crippen LogP contribution >= 0.6 is 0 Å². The maximum atomic E-state index is 10.3. The van der Waals surface area contributed by atoms with Gasteiger partial charge in [-0.2, -0.15) is 5.26 Å². The second-order valence-corrected chi connectivity index (χ2v) is 4.92. The first-order chi connectivity index (χ1) is 9.61. The van der Waals surface area contributed by atoms with E-state index in [1.807, 2.05) is 30.1 Å². The summed E-state index contributed by atoms with van der Waals surface area (Å²) in [7, 11) is 1.97. The zero-order valence-electron chi connectivity index (χ0n) is 11.7. The molecule has 3 heteroatoms. The molecule has 1 unspecified atom stereocenters. The number of hydrogen-bond donors (Lipinski definition) is 1. The highest BCUT2D eigenvalue weighted by Crippen LogP contribution is 2.21. The van der Waals surface area contributed by atoms with E-state index in [2.05, 4.69) is 19.1 Å². The van der Waals surface area contributed by atoms with Gasteiger partial charge in [0.2, 0.25) is 0 Å². The van der Waals surface area contributed by atoms with Crippen molar-refractivity contribution in [3.8, 4) is 6.07 Å². The first kappa shape index (κ1) is 14.1. The van der Waals surface area contributed by atoms with Crippen LogP contribution in [0.15, 0.2) is 48.5 Å². The van der Waals surface area contributed by atoms with Crippen LogP contribution in [0.2, 0.25) is 0 Å². The molecule has 20 heavy (non-hydrogen) atoms. The van der Waals surface area contributed by atoms with E-state index in [1.165, 1.54) is 5.56 Å². The van der Waals surface area contributed by atoms with Gasteiger partial charge >= 0.3 is 0 Å². The number of para-hydroxylation sites is 1. The molecule has 0 aliphatic rings. The van der Waals surface area contributed by atoms with E-state index in [0.29, 0.717) is 12.1 Å². The lowest BCUT2D eigenvalue weighted by Gasteiger charge is -2.24. The Bertz CT molecular complexity index is 614. The molecular formula is C17H18N2O. The molecule has 1 N–H and O–H groups in total. The third kappa shape index (κ3) is 3.17. The molecule has 0 radical (unpaired) electrons. The number of hydrogen-bond acceptors (Lipinski definition) is 3. The Labute approximate surface area is 119 Å². The van der Waals surface area contributed by atoms with Crippen molar-refractivity contribution in [1.29, 1.82) is 5.26 Å². The van der Waals surface area contributed by atoms with Gasteiger partial charge in [0.15, 0.2) is 0 Å². The molecule has 2 rings (SSSR count). The summed E-state index contributed by atoms with van der Waals surface area (Å²) < 4.78 is 0. The molecule has 102 valence electrons. The van der Waals surface area contributed by atoms with Gasteiger partial charge in [-0.1, -0.05) is 30.3 Å². The number of rotatable bonds is 4. The molecule has 0 saturated carbocycles. The topological polar surface area (TPSA) is 47.3 Å². The Morgan fingerprint density at radius 1 is 1.15 bits per heavy atom. The van der Waals surface area contributed by atoms with Crippen molar-refractivity contribution in [3.63, 3.8) is 0 Å². The standard InChI is InChI=1S/C17H18N2O/c1-13-5-3-4-6-16(13)19(2)12-17(20)15-9-7-14(11-18)8-10-15/h3-10,17,20H,12H2,1-2H3. The average molecular weight is 266 g/mol. The lowest BCUT2D eigenvalue weighted by molar-refractivity contribution is 0.185. The predicted molar refractivity (Wildman–Crippen MR) is 80.6 cm³/mol. The van der Waals surface area contributed by atoms with Crippen LogP contribution in [0, 0.1) is 18.3 Å². The Morgan fingerprint density at radius 2 is 1.80 bits per heavy atom. The van der Waals surface area contributed by atoms with Gasteiger partial charge in [-0.25, -0.2) is 0 Å². The minimum Gasteiger partial charge on any atom is -0.387 e. The molecule has 3 nitrogen and oxygen atoms in total. The third-order valence-corrected chi connectivity index (χ3v) is 3.40. The largest absolute Gasteiger partial charge is 0.387 e. The Hall–Kier alpha value is -2.31. The van der Waals surface area contributed by atoms with Gasteiger partial charge in [-0.3, -0.25) is 0 Å². The van der Waals surface area contributed by atoms with Gasteiger partial charge < -0.3 is 10.0 Å². The van der Waals surface area contributed by atoms with Crippen LogP contribution in [0.3, 0.4) is 0 Å². The highest BCUT2D eigenvalue weighted by molar-refractivity contribution is 5.52. The third-order valence-electron chi connectivity index (χ3n) is 3.40. The first-order valence-electron chi connectivity index (χ1n) is 6.56. The molecule has 2 aromatic rings. The average Bonchev–Trinajstić information content (AvgIpc) is 2.47. The van der Waals surface area contributed by atoms with E-state index in [0.717, 1.165) is 11.3 Å². The Morgan fingerprint density at radius 3 is 2.40 bits per heavy atom. The molecule has 0 aromatic heterocycles. The van der Waals surface area contributed by atoms with Gasteiger partial charge in [0.25, 0.3) is 0 Å². The van der Waals surface area contributed by atoms with Crippen LogP contribution in [0.1, 0.15) is 22.8 Å². The van der Waals surface area contributed by atoms with Crippen molar-refractivity contribution >= 4 is 5.69 Å². The number of likely N-dealkylation sites (N-methyl/N-ethyl adjacent to an activating group) is 1. The summed E-state index contributed by atoms with van der Waals surface area (Å²) >= 11 is 0. The van der Waals surface area contributed by atoms with Gasteiger partial charge in [-0.15, -0.1) is 0 Å². The second kappa shape index (κ2) is 6.23. The summed E-state index contributed by atoms with van der Waals surface area (Å²) in [6.07, 6.45) is -0.577. The van der Waals surface area contributed by atoms with Crippen molar-refractivity contribution in [1.82, 2.24) is 0 Å². The summed E-state index contributed by atoms with van der Waals surface area (Å²) in [4.78, 5) is 2.04. The van der Waals surface area contributed by atoms with Crippen LogP contribution in [0.4, 0.5) is 5.69 Å². The zero-order chi connectivity index (χ0) is 14.5. The van der Waals surface area contributed by atoms with E-state index in [9.17, 15) is 5.11 Å². The van der Waals surface area contributed by atoms with Crippen LogP contribution in [0.5, 0.6) is 0 Å². The monoisotopic (exact) mass is 266 g/mol. The number of aryl methyl sites for hydroxylation is 1. The fraction of sp³-hybridized carbons (Fsp3) is 0.235. The quantitative estimate of drug-likeness (QED) is 0.925. The smallest absolute Gasteiger partial charge is 0.0991 e. The fourth-order valence-corrected chi connectivity index (χ4v) is 2.23. The normalized spacial score (nSPS) is 11.7. The fourth-order valence-electron chi connectivity index (χ4n) is 2.23. The summed E-state index contributed by atoms with van der Waals surface area (Å²) in [5.74, 6) is 0. The number of benzene rings is 2. The van der Waals surface area contributed by atoms with Gasteiger partial charge in [0.05, 0.1) is 17.7 Å². The molecule has 1 atom stereocenters. The number of aliphatic hydroxyl groups is 1. The van der Waals surface area contributed by atoms with Gasteiger partial charge in [0, 0.05) is 19.3 Å². The van der Waals surface area contributed by atoms with Crippen molar-refractivity contribution in [3.05, 3.63) is 65.2 Å². The predicted octanol–water partition coefficient (Wildman–Crippen LogP) is 3.04. The molecule has 0 aliphatic heterocycles. The van der Waals surface area contributed by atoms with Crippen molar-refractivity contribution < 1.29 is 5.11 Å². The van der Waals surface area contributed by atoms with E-state index in [4.69, 9.17) is 5.26 Å². The van der Waals surface area contributed by atoms with Crippen molar-refractivity contribution in [2.75, 3.05) is 18.5 Å². The number of nitrogens with zero attached hydrogens (tertiary/aromatic N) is 2. The molecule has 0 spiro atoms. The number of anilines is 1. The molecule has 0 fully saturated rings. The highest BCUT2D eigenvalue weighted by atomic mass is 16.3.